The number of carbonyl (C=O) groups is 1. The van der Waals surface area contributed by atoms with E-state index >= 15 is 0 Å². The van der Waals surface area contributed by atoms with Crippen molar-refractivity contribution in [2.24, 2.45) is 5.73 Å². The number of benzene rings is 2. The maximum absolute atomic E-state index is 13.8. The first-order valence-electron chi connectivity index (χ1n) is 6.75. The van der Waals surface area contributed by atoms with E-state index in [1.807, 2.05) is 22.6 Å². The van der Waals surface area contributed by atoms with Crippen LogP contribution in [0.15, 0.2) is 30.3 Å². The molecule has 0 spiro atoms. The highest BCUT2D eigenvalue weighted by molar-refractivity contribution is 14.1. The van der Waals surface area contributed by atoms with Crippen molar-refractivity contribution < 1.29 is 18.7 Å². The first-order valence-corrected chi connectivity index (χ1v) is 8.21. The maximum atomic E-state index is 13.8. The van der Waals surface area contributed by atoms with Gasteiger partial charge in [-0.15, -0.1) is 0 Å². The Morgan fingerprint density at radius 2 is 2.09 bits per heavy atom. The molecule has 0 saturated heterocycles. The van der Waals surface area contributed by atoms with E-state index in [0.717, 1.165) is 0 Å². The van der Waals surface area contributed by atoms with Gasteiger partial charge >= 0.3 is 0 Å². The van der Waals surface area contributed by atoms with E-state index in [2.05, 4.69) is 0 Å². The van der Waals surface area contributed by atoms with Crippen molar-refractivity contribution in [1.29, 1.82) is 0 Å². The Labute approximate surface area is 151 Å². The van der Waals surface area contributed by atoms with Gasteiger partial charge in [0.25, 0.3) is 0 Å². The van der Waals surface area contributed by atoms with Gasteiger partial charge in [0.15, 0.2) is 11.5 Å². The van der Waals surface area contributed by atoms with E-state index < -0.39 is 11.7 Å². The van der Waals surface area contributed by atoms with Crippen LogP contribution in [0.4, 0.5) is 4.39 Å². The lowest BCUT2D eigenvalue weighted by Gasteiger charge is -2.15. The summed E-state index contributed by atoms with van der Waals surface area (Å²) < 4.78 is 25.6. The van der Waals surface area contributed by atoms with Crippen molar-refractivity contribution in [3.05, 3.63) is 55.9 Å². The fourth-order valence-electron chi connectivity index (χ4n) is 1.93. The number of hydrogen-bond acceptors (Lipinski definition) is 3. The van der Waals surface area contributed by atoms with Crippen LogP contribution in [0.3, 0.4) is 0 Å². The molecule has 0 heterocycles. The highest BCUT2D eigenvalue weighted by Gasteiger charge is 2.16. The van der Waals surface area contributed by atoms with E-state index in [4.69, 9.17) is 26.8 Å². The lowest BCUT2D eigenvalue weighted by atomic mass is 10.2. The van der Waals surface area contributed by atoms with Crippen molar-refractivity contribution in [1.82, 2.24) is 0 Å². The summed E-state index contributed by atoms with van der Waals surface area (Å²) in [5, 5.41) is 0.284. The Morgan fingerprint density at radius 1 is 1.35 bits per heavy atom. The summed E-state index contributed by atoms with van der Waals surface area (Å²) in [5.41, 5.74) is 5.87. The largest absolute Gasteiger partial charge is 0.490 e. The normalized spacial score (nSPS) is 10.4. The Hall–Kier alpha value is -1.54. The lowest BCUT2D eigenvalue weighted by Crippen LogP contribution is -2.12. The molecular formula is C16H14ClFINO3. The molecular weight excluding hydrogens is 436 g/mol. The molecule has 4 nitrogen and oxygen atoms in total. The third-order valence-electron chi connectivity index (χ3n) is 3.02. The van der Waals surface area contributed by atoms with Crippen molar-refractivity contribution in [3.8, 4) is 11.5 Å². The summed E-state index contributed by atoms with van der Waals surface area (Å²) in [6.07, 6.45) is 0. The smallest absolute Gasteiger partial charge is 0.248 e. The van der Waals surface area contributed by atoms with Gasteiger partial charge in [-0.25, -0.2) is 4.39 Å². The van der Waals surface area contributed by atoms with Crippen LogP contribution in [-0.2, 0) is 6.61 Å². The van der Waals surface area contributed by atoms with Crippen molar-refractivity contribution in [2.45, 2.75) is 13.5 Å². The molecule has 0 aromatic heterocycles. The molecule has 1 amide bonds. The third kappa shape index (κ3) is 4.26. The van der Waals surface area contributed by atoms with Crippen LogP contribution in [0, 0.1) is 9.39 Å². The lowest BCUT2D eigenvalue weighted by molar-refractivity contribution is 0.0999. The monoisotopic (exact) mass is 449 g/mol. The van der Waals surface area contributed by atoms with E-state index in [0.29, 0.717) is 27.2 Å². The highest BCUT2D eigenvalue weighted by Crippen LogP contribution is 2.35. The molecule has 0 unspecified atom stereocenters. The predicted octanol–water partition coefficient (Wildman–Crippen LogP) is 4.16. The van der Waals surface area contributed by atoms with E-state index in [1.165, 1.54) is 18.2 Å². The van der Waals surface area contributed by atoms with Crippen LogP contribution < -0.4 is 15.2 Å². The molecule has 23 heavy (non-hydrogen) atoms. The first kappa shape index (κ1) is 17.8. The van der Waals surface area contributed by atoms with Crippen LogP contribution in [0.5, 0.6) is 11.5 Å². The Morgan fingerprint density at radius 3 is 2.70 bits per heavy atom. The molecule has 2 aromatic carbocycles. The Kier molecular flexibility index (Phi) is 6.06. The van der Waals surface area contributed by atoms with Gasteiger partial charge in [-0.3, -0.25) is 4.79 Å². The topological polar surface area (TPSA) is 61.5 Å². The minimum atomic E-state index is -0.562. The van der Waals surface area contributed by atoms with E-state index in [-0.39, 0.29) is 17.2 Å². The second-order valence-electron chi connectivity index (χ2n) is 4.57. The summed E-state index contributed by atoms with van der Waals surface area (Å²) in [6.45, 7) is 2.13. The molecule has 0 atom stereocenters. The van der Waals surface area contributed by atoms with Crippen molar-refractivity contribution >= 4 is 40.1 Å². The molecule has 0 aliphatic carbocycles. The van der Waals surface area contributed by atoms with Crippen LogP contribution in [0.25, 0.3) is 0 Å². The quantitative estimate of drug-likeness (QED) is 0.674. The van der Waals surface area contributed by atoms with E-state index in [1.54, 1.807) is 19.1 Å². The Balaban J connectivity index is 2.33. The summed E-state index contributed by atoms with van der Waals surface area (Å²) in [7, 11) is 0. The first-order chi connectivity index (χ1) is 10.9. The molecule has 0 saturated carbocycles. The SMILES string of the molecule is CCOc1cc(C(N)=O)cc(I)c1OCc1c(F)cccc1Cl. The summed E-state index contributed by atoms with van der Waals surface area (Å²) in [6, 6.07) is 7.53. The molecule has 7 heteroatoms. The number of nitrogens with two attached hydrogens (primary N) is 1. The molecule has 0 aliphatic heterocycles. The number of primary amides is 1. The fourth-order valence-corrected chi connectivity index (χ4v) is 2.90. The molecule has 2 N–H and O–H groups in total. The predicted molar refractivity (Wildman–Crippen MR) is 94.6 cm³/mol. The van der Waals surface area contributed by atoms with Gasteiger partial charge in [-0.1, -0.05) is 17.7 Å². The van der Waals surface area contributed by atoms with E-state index in [9.17, 15) is 9.18 Å². The summed E-state index contributed by atoms with van der Waals surface area (Å²) in [4.78, 5) is 11.3. The second kappa shape index (κ2) is 7.83. The van der Waals surface area contributed by atoms with Gasteiger partial charge in [0, 0.05) is 11.1 Å². The highest BCUT2D eigenvalue weighted by atomic mass is 127. The fraction of sp³-hybridized carbons (Fsp3) is 0.188. The summed E-state index contributed by atoms with van der Waals surface area (Å²) >= 11 is 7.99. The van der Waals surface area contributed by atoms with Gasteiger partial charge in [0.2, 0.25) is 5.91 Å². The summed E-state index contributed by atoms with van der Waals surface area (Å²) in [5.74, 6) is -0.218. The molecule has 0 aliphatic rings. The van der Waals surface area contributed by atoms with Crippen LogP contribution in [0.1, 0.15) is 22.8 Å². The Bertz CT molecular complexity index is 719. The maximum Gasteiger partial charge on any atom is 0.248 e. The average molecular weight is 450 g/mol. The third-order valence-corrected chi connectivity index (χ3v) is 4.17. The molecule has 2 rings (SSSR count). The minimum absolute atomic E-state index is 0.0580. The molecule has 0 radical (unpaired) electrons. The number of hydrogen-bond donors (Lipinski definition) is 1. The van der Waals surface area contributed by atoms with Crippen molar-refractivity contribution in [3.63, 3.8) is 0 Å². The van der Waals surface area contributed by atoms with Gasteiger partial charge in [-0.05, 0) is 53.8 Å². The molecule has 0 fully saturated rings. The second-order valence-corrected chi connectivity index (χ2v) is 6.14. The van der Waals surface area contributed by atoms with Crippen LogP contribution in [0.2, 0.25) is 5.02 Å². The van der Waals surface area contributed by atoms with Crippen LogP contribution >= 0.6 is 34.2 Å². The van der Waals surface area contributed by atoms with Crippen LogP contribution in [-0.4, -0.2) is 12.5 Å². The zero-order valence-corrected chi connectivity index (χ0v) is 15.2. The van der Waals surface area contributed by atoms with Gasteiger partial charge in [0.05, 0.1) is 15.2 Å². The van der Waals surface area contributed by atoms with Gasteiger partial charge in [0.1, 0.15) is 12.4 Å². The number of amides is 1. The van der Waals surface area contributed by atoms with Crippen molar-refractivity contribution in [2.75, 3.05) is 6.61 Å². The molecule has 0 bridgehead atoms. The number of rotatable bonds is 6. The number of carbonyl (C=O) groups excluding carboxylic acids is 1. The minimum Gasteiger partial charge on any atom is -0.490 e. The molecule has 122 valence electrons. The zero-order valence-electron chi connectivity index (χ0n) is 12.2. The van der Waals surface area contributed by atoms with Gasteiger partial charge < -0.3 is 15.2 Å². The number of ether oxygens (including phenoxy) is 2. The zero-order chi connectivity index (χ0) is 17.0. The molecule has 2 aromatic rings. The van der Waals surface area contributed by atoms with Gasteiger partial charge in [-0.2, -0.15) is 0 Å². The average Bonchev–Trinajstić information content (AvgIpc) is 2.48. The standard InChI is InChI=1S/C16H14ClFINO3/c1-2-22-14-7-9(16(20)21)6-13(19)15(14)23-8-10-11(17)4-3-5-12(10)18/h3-7H,2,8H2,1H3,(H2,20,21). The number of halogens is 3.